The first kappa shape index (κ1) is 18.1. The highest BCUT2D eigenvalue weighted by atomic mass is 16.2. The Morgan fingerprint density at radius 2 is 1.54 bits per heavy atom. The third-order valence-corrected chi connectivity index (χ3v) is 6.06. The van der Waals surface area contributed by atoms with E-state index in [4.69, 9.17) is 5.73 Å². The van der Waals surface area contributed by atoms with E-state index in [2.05, 4.69) is 10.3 Å². The van der Waals surface area contributed by atoms with E-state index in [1.165, 1.54) is 0 Å². The van der Waals surface area contributed by atoms with Gasteiger partial charge in [-0.05, 0) is 11.1 Å². The Labute approximate surface area is 162 Å². The maximum atomic E-state index is 13.4. The number of nitrogens with one attached hydrogen (secondary N) is 1. The summed E-state index contributed by atoms with van der Waals surface area (Å²) < 4.78 is 0. The van der Waals surface area contributed by atoms with Gasteiger partial charge in [-0.25, -0.2) is 4.79 Å². The second kappa shape index (κ2) is 6.71. The highest BCUT2D eigenvalue weighted by Crippen LogP contribution is 2.57. The molecule has 4 rings (SSSR count). The highest BCUT2D eigenvalue weighted by Gasteiger charge is 2.62. The molecule has 0 bridgehead atoms. The quantitative estimate of drug-likeness (QED) is 0.842. The van der Waals surface area contributed by atoms with Crippen LogP contribution in [0.15, 0.2) is 65.7 Å². The average Bonchev–Trinajstić information content (AvgIpc) is 2.69. The lowest BCUT2D eigenvalue weighted by Gasteiger charge is -2.50. The number of imide groups is 1. The van der Waals surface area contributed by atoms with Crippen molar-refractivity contribution in [2.75, 3.05) is 0 Å². The molecule has 4 atom stereocenters. The number of benzene rings is 2. The zero-order valence-corrected chi connectivity index (χ0v) is 15.5. The van der Waals surface area contributed by atoms with E-state index in [0.29, 0.717) is 0 Å². The molecule has 0 saturated heterocycles. The van der Waals surface area contributed by atoms with Crippen LogP contribution in [0.2, 0.25) is 0 Å². The molecule has 2 aliphatic rings. The molecule has 28 heavy (non-hydrogen) atoms. The van der Waals surface area contributed by atoms with Gasteiger partial charge in [0.1, 0.15) is 17.0 Å². The van der Waals surface area contributed by atoms with Crippen LogP contribution in [-0.4, -0.2) is 23.6 Å². The lowest BCUT2D eigenvalue weighted by atomic mass is 9.51. The smallest absolute Gasteiger partial charge is 0.349 e. The van der Waals surface area contributed by atoms with Gasteiger partial charge in [0.05, 0.1) is 0 Å². The van der Waals surface area contributed by atoms with E-state index in [9.17, 15) is 14.4 Å². The highest BCUT2D eigenvalue weighted by molar-refractivity contribution is 6.20. The molecular weight excluding hydrogens is 354 g/mol. The van der Waals surface area contributed by atoms with Gasteiger partial charge in [0.2, 0.25) is 5.91 Å². The standard InChI is InChI=1S/C22H21N3O3/c1-13-17(26)12-16(14-8-4-2-5-9-14)22(18(13)15-10-6-3-7-11-15)19(23)24-21(28)25-20(22)27/h2-11,13,16,18H,12H2,1H3,(H3,23,24,25,27,28)/t13-,16?,18-,22?/m0/s1. The summed E-state index contributed by atoms with van der Waals surface area (Å²) in [5.74, 6) is -1.95. The van der Waals surface area contributed by atoms with Crippen molar-refractivity contribution in [1.29, 1.82) is 0 Å². The van der Waals surface area contributed by atoms with Crippen LogP contribution in [0.5, 0.6) is 0 Å². The van der Waals surface area contributed by atoms with Crippen molar-refractivity contribution in [2.45, 2.75) is 25.2 Å². The molecule has 2 aromatic carbocycles. The fourth-order valence-corrected chi connectivity index (χ4v) is 4.81. The fourth-order valence-electron chi connectivity index (χ4n) is 4.81. The van der Waals surface area contributed by atoms with E-state index >= 15 is 0 Å². The minimum atomic E-state index is -1.32. The largest absolute Gasteiger partial charge is 0.386 e. The Hall–Kier alpha value is -3.28. The Balaban J connectivity index is 2.02. The van der Waals surface area contributed by atoms with Gasteiger partial charge in [0.25, 0.3) is 0 Å². The number of carbonyl (C=O) groups excluding carboxylic acids is 3. The normalized spacial score (nSPS) is 30.1. The van der Waals surface area contributed by atoms with Gasteiger partial charge in [0, 0.05) is 24.2 Å². The molecular formula is C22H21N3O3. The number of amidine groups is 1. The van der Waals surface area contributed by atoms with Crippen molar-refractivity contribution in [3.63, 3.8) is 0 Å². The van der Waals surface area contributed by atoms with E-state index < -0.39 is 35.1 Å². The Morgan fingerprint density at radius 1 is 0.964 bits per heavy atom. The molecule has 1 aliphatic heterocycles. The molecule has 1 aliphatic carbocycles. The van der Waals surface area contributed by atoms with Crippen LogP contribution >= 0.6 is 0 Å². The summed E-state index contributed by atoms with van der Waals surface area (Å²) in [6.07, 6.45) is 0.159. The number of urea groups is 1. The van der Waals surface area contributed by atoms with Crippen molar-refractivity contribution >= 4 is 23.6 Å². The van der Waals surface area contributed by atoms with Gasteiger partial charge in [-0.15, -0.1) is 0 Å². The summed E-state index contributed by atoms with van der Waals surface area (Å²) in [5, 5.41) is 2.35. The number of rotatable bonds is 2. The monoisotopic (exact) mass is 375 g/mol. The number of Topliss-reactive ketones (excluding diaryl/α,β-unsaturated/α-hetero) is 1. The molecule has 3 amide bonds. The molecule has 1 spiro atoms. The van der Waals surface area contributed by atoms with Gasteiger partial charge in [-0.1, -0.05) is 67.6 Å². The molecule has 2 unspecified atom stereocenters. The van der Waals surface area contributed by atoms with Crippen LogP contribution in [0.25, 0.3) is 0 Å². The number of hydrogen-bond donors (Lipinski definition) is 2. The number of carbonyl (C=O) groups is 3. The van der Waals surface area contributed by atoms with Crippen LogP contribution in [0.1, 0.15) is 36.3 Å². The Morgan fingerprint density at radius 3 is 2.11 bits per heavy atom. The van der Waals surface area contributed by atoms with Crippen LogP contribution in [0.3, 0.4) is 0 Å². The molecule has 1 saturated carbocycles. The van der Waals surface area contributed by atoms with Gasteiger partial charge >= 0.3 is 6.03 Å². The van der Waals surface area contributed by atoms with E-state index in [1.54, 1.807) is 0 Å². The topological polar surface area (TPSA) is 102 Å². The third-order valence-electron chi connectivity index (χ3n) is 6.06. The fraction of sp³-hybridized carbons (Fsp3) is 0.273. The first-order valence-electron chi connectivity index (χ1n) is 9.29. The number of amides is 3. The van der Waals surface area contributed by atoms with Crippen molar-refractivity contribution in [1.82, 2.24) is 5.32 Å². The zero-order valence-electron chi connectivity index (χ0n) is 15.5. The number of ketones is 1. The molecule has 0 radical (unpaired) electrons. The summed E-state index contributed by atoms with van der Waals surface area (Å²) in [7, 11) is 0. The summed E-state index contributed by atoms with van der Waals surface area (Å²) in [4.78, 5) is 42.2. The summed E-state index contributed by atoms with van der Waals surface area (Å²) in [5.41, 5.74) is 6.68. The van der Waals surface area contributed by atoms with E-state index in [1.807, 2.05) is 67.6 Å². The molecule has 2 aromatic rings. The zero-order chi connectivity index (χ0) is 19.9. The predicted octanol–water partition coefficient (Wildman–Crippen LogP) is 2.76. The van der Waals surface area contributed by atoms with Gasteiger partial charge in [-0.2, -0.15) is 4.99 Å². The van der Waals surface area contributed by atoms with Crippen LogP contribution in [-0.2, 0) is 9.59 Å². The van der Waals surface area contributed by atoms with E-state index in [-0.39, 0.29) is 18.0 Å². The number of aliphatic imine (C=N–C) groups is 1. The second-order valence-electron chi connectivity index (χ2n) is 7.44. The average molecular weight is 375 g/mol. The lowest BCUT2D eigenvalue weighted by molar-refractivity contribution is -0.136. The first-order chi connectivity index (χ1) is 13.5. The molecule has 0 aromatic heterocycles. The summed E-state index contributed by atoms with van der Waals surface area (Å²) in [6, 6.07) is 18.0. The minimum Gasteiger partial charge on any atom is -0.386 e. The molecule has 142 valence electrons. The van der Waals surface area contributed by atoms with Crippen LogP contribution in [0, 0.1) is 11.3 Å². The first-order valence-corrected chi connectivity index (χ1v) is 9.29. The molecule has 3 N–H and O–H groups in total. The second-order valence-corrected chi connectivity index (χ2v) is 7.44. The third kappa shape index (κ3) is 2.56. The van der Waals surface area contributed by atoms with Gasteiger partial charge < -0.3 is 5.73 Å². The van der Waals surface area contributed by atoms with Crippen LogP contribution in [0.4, 0.5) is 4.79 Å². The molecule has 1 heterocycles. The molecule has 6 nitrogen and oxygen atoms in total. The minimum absolute atomic E-state index is 0.0247. The maximum Gasteiger partial charge on any atom is 0.349 e. The Kier molecular flexibility index (Phi) is 4.34. The van der Waals surface area contributed by atoms with E-state index in [0.717, 1.165) is 11.1 Å². The number of nitrogens with zero attached hydrogens (tertiary/aromatic N) is 1. The van der Waals surface area contributed by atoms with Gasteiger partial charge in [-0.3, -0.25) is 14.9 Å². The van der Waals surface area contributed by atoms with Crippen LogP contribution < -0.4 is 11.1 Å². The maximum absolute atomic E-state index is 13.4. The Bertz CT molecular complexity index is 971. The van der Waals surface area contributed by atoms with Crippen molar-refractivity contribution in [3.05, 3.63) is 71.8 Å². The number of hydrogen-bond acceptors (Lipinski definition) is 4. The SMILES string of the molecule is C[C@H]1C(=O)CC(c2ccccc2)C2(C(=O)NC(=O)N=C2N)[C@@H]1c1ccccc1. The van der Waals surface area contributed by atoms with Crippen molar-refractivity contribution < 1.29 is 14.4 Å². The van der Waals surface area contributed by atoms with Crippen molar-refractivity contribution in [2.24, 2.45) is 22.1 Å². The summed E-state index contributed by atoms with van der Waals surface area (Å²) >= 11 is 0. The summed E-state index contributed by atoms with van der Waals surface area (Å²) in [6.45, 7) is 1.82. The van der Waals surface area contributed by atoms with Crippen molar-refractivity contribution in [3.8, 4) is 0 Å². The number of nitrogens with two attached hydrogens (primary N) is 1. The molecule has 6 heteroatoms. The predicted molar refractivity (Wildman–Crippen MR) is 105 cm³/mol. The van der Waals surface area contributed by atoms with Gasteiger partial charge in [0.15, 0.2) is 0 Å². The molecule has 1 fully saturated rings. The lowest BCUT2D eigenvalue weighted by Crippen LogP contribution is -2.64.